The molecule has 2 nitrogen and oxygen atoms in total. The number of hydrogen-bond donors (Lipinski definition) is 1. The lowest BCUT2D eigenvalue weighted by Gasteiger charge is -2.52. The van der Waals surface area contributed by atoms with Gasteiger partial charge in [0.05, 0.1) is 0 Å². The molecule has 0 spiro atoms. The fourth-order valence-corrected chi connectivity index (χ4v) is 2.75. The quantitative estimate of drug-likeness (QED) is 0.713. The first kappa shape index (κ1) is 9.47. The molecule has 2 aliphatic carbocycles. The zero-order valence-electron chi connectivity index (χ0n) is 8.92. The molecule has 0 unspecified atom stereocenters. The molecule has 13 heavy (non-hydrogen) atoms. The topological polar surface area (TPSA) is 29.3 Å². The van der Waals surface area contributed by atoms with Gasteiger partial charge in [-0.1, -0.05) is 6.92 Å². The summed E-state index contributed by atoms with van der Waals surface area (Å²) in [5, 5.41) is 0. The van der Waals surface area contributed by atoms with Crippen LogP contribution in [0.4, 0.5) is 0 Å². The van der Waals surface area contributed by atoms with Crippen molar-refractivity contribution in [2.45, 2.75) is 38.1 Å². The van der Waals surface area contributed by atoms with E-state index in [9.17, 15) is 0 Å². The monoisotopic (exact) mass is 182 g/mol. The first-order chi connectivity index (χ1) is 6.16. The molecular weight excluding hydrogens is 160 g/mol. The Labute approximate surface area is 81.5 Å². The lowest BCUT2D eigenvalue weighted by Crippen LogP contribution is -2.60. The molecule has 0 aromatic rings. The van der Waals surface area contributed by atoms with E-state index in [0.29, 0.717) is 5.54 Å². The Morgan fingerprint density at radius 1 is 1.38 bits per heavy atom. The molecule has 0 radical (unpaired) electrons. The number of likely N-dealkylation sites (N-methyl/N-ethyl adjacent to an activating group) is 1. The second-order valence-corrected chi connectivity index (χ2v) is 5.27. The normalized spacial score (nSPS) is 39.2. The van der Waals surface area contributed by atoms with Gasteiger partial charge in [-0.05, 0) is 44.6 Å². The second kappa shape index (κ2) is 3.25. The largest absolute Gasteiger partial charge is 0.329 e. The van der Waals surface area contributed by atoms with Gasteiger partial charge in [-0.3, -0.25) is 4.90 Å². The van der Waals surface area contributed by atoms with Crippen LogP contribution in [0.25, 0.3) is 0 Å². The van der Waals surface area contributed by atoms with E-state index < -0.39 is 0 Å². The van der Waals surface area contributed by atoms with Crippen LogP contribution < -0.4 is 5.73 Å². The van der Waals surface area contributed by atoms with Crippen LogP contribution in [0.15, 0.2) is 0 Å². The number of hydrogen-bond acceptors (Lipinski definition) is 2. The Hall–Kier alpha value is -0.0800. The van der Waals surface area contributed by atoms with E-state index in [1.54, 1.807) is 0 Å². The van der Waals surface area contributed by atoms with Crippen molar-refractivity contribution in [1.29, 1.82) is 0 Å². The third-order valence-corrected chi connectivity index (χ3v) is 3.88. The molecule has 2 heteroatoms. The molecule has 0 aromatic carbocycles. The molecule has 0 heterocycles. The van der Waals surface area contributed by atoms with Gasteiger partial charge in [-0.25, -0.2) is 0 Å². The summed E-state index contributed by atoms with van der Waals surface area (Å²) in [5.41, 5.74) is 6.26. The van der Waals surface area contributed by atoms with Gasteiger partial charge in [-0.15, -0.1) is 0 Å². The van der Waals surface area contributed by atoms with Crippen molar-refractivity contribution in [2.24, 2.45) is 17.6 Å². The van der Waals surface area contributed by atoms with Crippen LogP contribution in [0.3, 0.4) is 0 Å². The van der Waals surface area contributed by atoms with Crippen molar-refractivity contribution >= 4 is 0 Å². The molecule has 2 rings (SSSR count). The van der Waals surface area contributed by atoms with Gasteiger partial charge in [0.1, 0.15) is 0 Å². The predicted octanol–water partition coefficient (Wildman–Crippen LogP) is 1.46. The highest BCUT2D eigenvalue weighted by Crippen LogP contribution is 2.42. The van der Waals surface area contributed by atoms with E-state index in [1.165, 1.54) is 32.2 Å². The van der Waals surface area contributed by atoms with E-state index in [1.807, 2.05) is 0 Å². The summed E-state index contributed by atoms with van der Waals surface area (Å²) in [7, 11) is 2.26. The van der Waals surface area contributed by atoms with Crippen LogP contribution in [0.2, 0.25) is 0 Å². The van der Waals surface area contributed by atoms with Gasteiger partial charge in [0, 0.05) is 18.6 Å². The fraction of sp³-hybridized carbons (Fsp3) is 1.00. The van der Waals surface area contributed by atoms with Gasteiger partial charge in [0.2, 0.25) is 0 Å². The average Bonchev–Trinajstić information content (AvgIpc) is 2.81. The maximum Gasteiger partial charge on any atom is 0.0333 e. The highest BCUT2D eigenvalue weighted by molar-refractivity contribution is 5.02. The summed E-state index contributed by atoms with van der Waals surface area (Å²) < 4.78 is 0. The summed E-state index contributed by atoms with van der Waals surface area (Å²) in [4.78, 5) is 2.53. The molecule has 2 fully saturated rings. The molecule has 76 valence electrons. The predicted molar refractivity (Wildman–Crippen MR) is 55.5 cm³/mol. The zero-order valence-corrected chi connectivity index (χ0v) is 8.92. The van der Waals surface area contributed by atoms with Crippen molar-refractivity contribution in [3.05, 3.63) is 0 Å². The van der Waals surface area contributed by atoms with Crippen molar-refractivity contribution < 1.29 is 0 Å². The molecule has 0 bridgehead atoms. The van der Waals surface area contributed by atoms with Gasteiger partial charge >= 0.3 is 0 Å². The Kier molecular flexibility index (Phi) is 2.37. The van der Waals surface area contributed by atoms with Gasteiger partial charge in [-0.2, -0.15) is 0 Å². The maximum absolute atomic E-state index is 5.89. The number of nitrogens with zero attached hydrogens (tertiary/aromatic N) is 1. The molecule has 0 saturated heterocycles. The summed E-state index contributed by atoms with van der Waals surface area (Å²) in [6, 6.07) is 0. The average molecular weight is 182 g/mol. The van der Waals surface area contributed by atoms with Gasteiger partial charge < -0.3 is 5.73 Å². The minimum atomic E-state index is 0.377. The molecule has 2 aliphatic rings. The summed E-state index contributed by atoms with van der Waals surface area (Å²) in [6.45, 7) is 4.46. The number of nitrogens with two attached hydrogens (primary N) is 1. The van der Waals surface area contributed by atoms with Crippen LogP contribution in [-0.2, 0) is 0 Å². The van der Waals surface area contributed by atoms with Crippen molar-refractivity contribution in [3.8, 4) is 0 Å². The Balaban J connectivity index is 1.87. The summed E-state index contributed by atoms with van der Waals surface area (Å²) >= 11 is 0. The Morgan fingerprint density at radius 3 is 2.38 bits per heavy atom. The maximum atomic E-state index is 5.89. The van der Waals surface area contributed by atoms with Crippen molar-refractivity contribution in [1.82, 2.24) is 4.90 Å². The summed E-state index contributed by atoms with van der Waals surface area (Å²) in [5.74, 6) is 1.88. The van der Waals surface area contributed by atoms with E-state index in [0.717, 1.165) is 18.4 Å². The second-order valence-electron chi connectivity index (χ2n) is 5.27. The van der Waals surface area contributed by atoms with Crippen LogP contribution in [0.5, 0.6) is 0 Å². The van der Waals surface area contributed by atoms with E-state index in [4.69, 9.17) is 5.73 Å². The fourth-order valence-electron chi connectivity index (χ4n) is 2.75. The first-order valence-corrected chi connectivity index (χ1v) is 5.57. The lowest BCUT2D eigenvalue weighted by molar-refractivity contribution is 0.00298. The van der Waals surface area contributed by atoms with E-state index >= 15 is 0 Å². The van der Waals surface area contributed by atoms with Crippen molar-refractivity contribution in [2.75, 3.05) is 20.1 Å². The van der Waals surface area contributed by atoms with Crippen LogP contribution in [0, 0.1) is 11.8 Å². The van der Waals surface area contributed by atoms with Gasteiger partial charge in [0.15, 0.2) is 0 Å². The molecule has 2 N–H and O–H groups in total. The first-order valence-electron chi connectivity index (χ1n) is 5.57. The van der Waals surface area contributed by atoms with Crippen molar-refractivity contribution in [3.63, 3.8) is 0 Å². The molecule has 0 atom stereocenters. The minimum Gasteiger partial charge on any atom is -0.329 e. The zero-order chi connectivity index (χ0) is 9.47. The third-order valence-electron chi connectivity index (χ3n) is 3.88. The molecule has 2 saturated carbocycles. The summed E-state index contributed by atoms with van der Waals surface area (Å²) in [6.07, 6.45) is 5.51. The standard InChI is InChI=1S/C11H22N2/c1-9-5-11(6-9,8-12)13(2)7-10-3-4-10/h9-10H,3-8,12H2,1-2H3. The van der Waals surface area contributed by atoms with Crippen LogP contribution >= 0.6 is 0 Å². The highest BCUT2D eigenvalue weighted by Gasteiger charge is 2.45. The van der Waals surface area contributed by atoms with E-state index in [-0.39, 0.29) is 0 Å². The minimum absolute atomic E-state index is 0.377. The SMILES string of the molecule is CC1CC(CN)(N(C)CC2CC2)C1. The molecule has 0 aromatic heterocycles. The Morgan fingerprint density at radius 2 is 2.00 bits per heavy atom. The van der Waals surface area contributed by atoms with E-state index in [2.05, 4.69) is 18.9 Å². The Bertz CT molecular complexity index is 181. The smallest absolute Gasteiger partial charge is 0.0333 e. The molecule has 0 amide bonds. The van der Waals surface area contributed by atoms with Crippen LogP contribution in [0.1, 0.15) is 32.6 Å². The lowest BCUT2D eigenvalue weighted by atomic mass is 9.68. The number of rotatable bonds is 4. The molecule has 0 aliphatic heterocycles. The van der Waals surface area contributed by atoms with Crippen LogP contribution in [-0.4, -0.2) is 30.6 Å². The van der Waals surface area contributed by atoms with Gasteiger partial charge in [0.25, 0.3) is 0 Å². The molecular formula is C11H22N2. The third kappa shape index (κ3) is 1.75. The highest BCUT2D eigenvalue weighted by atomic mass is 15.2.